The summed E-state index contributed by atoms with van der Waals surface area (Å²) in [6, 6.07) is 2.53. The van der Waals surface area contributed by atoms with Crippen LogP contribution >= 0.6 is 0 Å². The second kappa shape index (κ2) is 11.0. The lowest BCUT2D eigenvalue weighted by Crippen LogP contribution is -2.31. The van der Waals surface area contributed by atoms with Gasteiger partial charge in [-0.25, -0.2) is 0 Å². The minimum absolute atomic E-state index is 0.202. The van der Waals surface area contributed by atoms with E-state index >= 15 is 0 Å². The first-order valence-electron chi connectivity index (χ1n) is 12.9. The van der Waals surface area contributed by atoms with Gasteiger partial charge in [0, 0.05) is 0 Å². The maximum Gasteiger partial charge on any atom is 0.314 e. The summed E-state index contributed by atoms with van der Waals surface area (Å²) >= 11 is 0. The topological polar surface area (TPSA) is 35.5 Å². The van der Waals surface area contributed by atoms with E-state index in [4.69, 9.17) is 9.47 Å². The van der Waals surface area contributed by atoms with Crippen molar-refractivity contribution in [2.45, 2.75) is 77.0 Å². The molecule has 4 rings (SSSR count). The number of esters is 1. The number of halogens is 2. The molecule has 0 amide bonds. The van der Waals surface area contributed by atoms with Crippen LogP contribution in [0.25, 0.3) is 0 Å². The number of hydrogen-bond donors (Lipinski definition) is 0. The molecule has 33 heavy (non-hydrogen) atoms. The second-order valence-corrected chi connectivity index (χ2v) is 10.5. The van der Waals surface area contributed by atoms with Crippen molar-refractivity contribution in [2.75, 3.05) is 7.11 Å². The maximum absolute atomic E-state index is 14.1. The summed E-state index contributed by atoms with van der Waals surface area (Å²) < 4.78 is 38.0. The Bertz CT molecular complexity index is 815. The van der Waals surface area contributed by atoms with Crippen LogP contribution in [0.3, 0.4) is 0 Å². The highest BCUT2D eigenvalue weighted by molar-refractivity contribution is 5.75. The Labute approximate surface area is 196 Å². The Morgan fingerprint density at radius 3 is 1.70 bits per heavy atom. The SMILES string of the molecule is C=CC1CCC(C2CCC(C3CCC(C(=O)Oc4ccc(OC)c(F)c4F)CC3)CC2)CC1. The summed E-state index contributed by atoms with van der Waals surface area (Å²) in [4.78, 5) is 12.6. The van der Waals surface area contributed by atoms with E-state index in [1.807, 2.05) is 0 Å². The summed E-state index contributed by atoms with van der Waals surface area (Å²) in [6.45, 7) is 3.97. The summed E-state index contributed by atoms with van der Waals surface area (Å²) in [6.07, 6.45) is 16.5. The fourth-order valence-corrected chi connectivity index (χ4v) is 6.71. The average Bonchev–Trinajstić information content (AvgIpc) is 2.87. The Morgan fingerprint density at radius 2 is 1.21 bits per heavy atom. The average molecular weight is 461 g/mol. The molecule has 0 radical (unpaired) electrons. The predicted molar refractivity (Wildman–Crippen MR) is 125 cm³/mol. The lowest BCUT2D eigenvalue weighted by atomic mass is 9.65. The van der Waals surface area contributed by atoms with Gasteiger partial charge in [-0.2, -0.15) is 8.78 Å². The highest BCUT2D eigenvalue weighted by atomic mass is 19.2. The Hall–Kier alpha value is -1.91. The van der Waals surface area contributed by atoms with Gasteiger partial charge in [-0.3, -0.25) is 4.79 Å². The number of benzene rings is 1. The summed E-state index contributed by atoms with van der Waals surface area (Å²) in [7, 11) is 1.27. The molecule has 0 unspecified atom stereocenters. The first-order valence-corrected chi connectivity index (χ1v) is 12.9. The van der Waals surface area contributed by atoms with Crippen molar-refractivity contribution in [3.05, 3.63) is 36.4 Å². The molecule has 5 heteroatoms. The van der Waals surface area contributed by atoms with Crippen molar-refractivity contribution in [3.8, 4) is 11.5 Å². The molecule has 0 aliphatic heterocycles. The molecule has 3 saturated carbocycles. The van der Waals surface area contributed by atoms with E-state index in [1.165, 1.54) is 70.6 Å². The normalized spacial score (nSPS) is 32.7. The summed E-state index contributed by atoms with van der Waals surface area (Å²) in [5, 5.41) is 0. The molecule has 0 spiro atoms. The van der Waals surface area contributed by atoms with E-state index in [1.54, 1.807) is 0 Å². The Morgan fingerprint density at radius 1 is 0.788 bits per heavy atom. The third kappa shape index (κ3) is 5.60. The molecule has 3 aliphatic rings. The molecule has 0 atom stereocenters. The zero-order valence-electron chi connectivity index (χ0n) is 19.9. The van der Waals surface area contributed by atoms with E-state index in [2.05, 4.69) is 12.7 Å². The molecule has 0 saturated heterocycles. The third-order valence-electron chi connectivity index (χ3n) is 8.85. The van der Waals surface area contributed by atoms with Crippen LogP contribution in [0, 0.1) is 47.1 Å². The molecular weight excluding hydrogens is 422 g/mol. The van der Waals surface area contributed by atoms with Crippen LogP contribution in [0.5, 0.6) is 11.5 Å². The molecule has 3 nitrogen and oxygen atoms in total. The van der Waals surface area contributed by atoms with Crippen molar-refractivity contribution in [2.24, 2.45) is 35.5 Å². The van der Waals surface area contributed by atoms with Crippen LogP contribution in [0.4, 0.5) is 8.78 Å². The summed E-state index contributed by atoms with van der Waals surface area (Å²) in [5.74, 6) is 0.457. The molecule has 0 N–H and O–H groups in total. The molecule has 0 bridgehead atoms. The first kappa shape index (κ1) is 24.2. The van der Waals surface area contributed by atoms with Crippen molar-refractivity contribution in [1.82, 2.24) is 0 Å². The largest absolute Gasteiger partial charge is 0.494 e. The molecule has 0 aromatic heterocycles. The van der Waals surface area contributed by atoms with Crippen LogP contribution in [-0.2, 0) is 4.79 Å². The Kier molecular flexibility index (Phi) is 8.08. The van der Waals surface area contributed by atoms with Crippen molar-refractivity contribution in [3.63, 3.8) is 0 Å². The van der Waals surface area contributed by atoms with Gasteiger partial charge in [-0.1, -0.05) is 6.08 Å². The molecular formula is C28H38F2O3. The van der Waals surface area contributed by atoms with E-state index in [0.717, 1.165) is 49.4 Å². The predicted octanol–water partition coefficient (Wildman–Crippen LogP) is 7.48. The maximum atomic E-state index is 14.1. The van der Waals surface area contributed by atoms with Gasteiger partial charge in [-0.05, 0) is 119 Å². The quantitative estimate of drug-likeness (QED) is 0.251. The smallest absolute Gasteiger partial charge is 0.314 e. The van der Waals surface area contributed by atoms with Crippen LogP contribution in [0.1, 0.15) is 77.0 Å². The molecule has 1 aromatic rings. The lowest BCUT2D eigenvalue weighted by molar-refractivity contribution is -0.140. The van der Waals surface area contributed by atoms with E-state index in [0.29, 0.717) is 5.92 Å². The van der Waals surface area contributed by atoms with E-state index < -0.39 is 17.6 Å². The van der Waals surface area contributed by atoms with Gasteiger partial charge in [0.1, 0.15) is 0 Å². The van der Waals surface area contributed by atoms with Gasteiger partial charge in [0.05, 0.1) is 13.0 Å². The zero-order valence-corrected chi connectivity index (χ0v) is 19.9. The number of ether oxygens (including phenoxy) is 2. The standard InChI is InChI=1S/C28H38F2O3/c1-3-18-4-6-19(7-5-18)20-8-10-21(11-9-20)22-12-14-23(15-13-22)28(31)33-25-17-16-24(32-2)26(29)27(25)30/h3,16-23H,1,4-15H2,2H3. The molecule has 182 valence electrons. The van der Waals surface area contributed by atoms with Gasteiger partial charge >= 0.3 is 5.97 Å². The van der Waals surface area contributed by atoms with Crippen LogP contribution in [-0.4, -0.2) is 13.1 Å². The van der Waals surface area contributed by atoms with Gasteiger partial charge in [0.25, 0.3) is 0 Å². The monoisotopic (exact) mass is 460 g/mol. The third-order valence-corrected chi connectivity index (χ3v) is 8.85. The minimum Gasteiger partial charge on any atom is -0.494 e. The number of allylic oxidation sites excluding steroid dienone is 1. The van der Waals surface area contributed by atoms with Gasteiger partial charge in [0.15, 0.2) is 11.5 Å². The van der Waals surface area contributed by atoms with E-state index in [-0.39, 0.29) is 17.4 Å². The lowest BCUT2D eigenvalue weighted by Gasteiger charge is -2.41. The number of carbonyl (C=O) groups excluding carboxylic acids is 1. The number of rotatable bonds is 6. The van der Waals surface area contributed by atoms with Crippen molar-refractivity contribution >= 4 is 5.97 Å². The van der Waals surface area contributed by atoms with Crippen molar-refractivity contribution < 1.29 is 23.0 Å². The van der Waals surface area contributed by atoms with Gasteiger partial charge in [-0.15, -0.1) is 6.58 Å². The minimum atomic E-state index is -1.17. The van der Waals surface area contributed by atoms with Crippen LogP contribution in [0.2, 0.25) is 0 Å². The second-order valence-electron chi connectivity index (χ2n) is 10.5. The molecule has 0 heterocycles. The Balaban J connectivity index is 1.21. The van der Waals surface area contributed by atoms with Crippen molar-refractivity contribution in [1.29, 1.82) is 0 Å². The zero-order chi connectivity index (χ0) is 23.4. The van der Waals surface area contributed by atoms with Gasteiger partial charge < -0.3 is 9.47 Å². The highest BCUT2D eigenvalue weighted by Crippen LogP contribution is 2.46. The molecule has 1 aromatic carbocycles. The number of hydrogen-bond acceptors (Lipinski definition) is 3. The van der Waals surface area contributed by atoms with Gasteiger partial charge in [0.2, 0.25) is 11.6 Å². The first-order chi connectivity index (χ1) is 16.0. The molecule has 3 fully saturated rings. The van der Waals surface area contributed by atoms with Crippen LogP contribution in [0.15, 0.2) is 24.8 Å². The number of carbonyl (C=O) groups is 1. The molecule has 3 aliphatic carbocycles. The summed E-state index contributed by atoms with van der Waals surface area (Å²) in [5.41, 5.74) is 0. The number of methoxy groups -OCH3 is 1. The van der Waals surface area contributed by atoms with Crippen LogP contribution < -0.4 is 9.47 Å². The van der Waals surface area contributed by atoms with E-state index in [9.17, 15) is 13.6 Å². The highest BCUT2D eigenvalue weighted by Gasteiger charge is 2.36. The fraction of sp³-hybridized carbons (Fsp3) is 0.679. The fourth-order valence-electron chi connectivity index (χ4n) is 6.71.